The van der Waals surface area contributed by atoms with Crippen LogP contribution in [0.3, 0.4) is 0 Å². The lowest BCUT2D eigenvalue weighted by atomic mass is 9.89. The number of likely N-dealkylation sites (tertiary alicyclic amines) is 2. The number of rotatable bonds is 3. The molecule has 1 atom stereocenters. The lowest BCUT2D eigenvalue weighted by Crippen LogP contribution is -2.39. The monoisotopic (exact) mass is 376 g/mol. The topological polar surface area (TPSA) is 40.6 Å². The number of hydrogen-bond donors (Lipinski definition) is 0. The molecule has 2 aliphatic rings. The zero-order valence-electron chi connectivity index (χ0n) is 16.6. The molecule has 2 amide bonds. The van der Waals surface area contributed by atoms with Crippen LogP contribution in [-0.2, 0) is 0 Å². The SMILES string of the molecule is Cc1ccc(C(=O)N2CCC[C@@H](c3cccc(C(=O)N4CCCC4)c3)C2)cc1. The highest BCUT2D eigenvalue weighted by Crippen LogP contribution is 2.29. The largest absolute Gasteiger partial charge is 0.339 e. The van der Waals surface area contributed by atoms with E-state index in [0.717, 1.165) is 62.0 Å². The Bertz CT molecular complexity index is 853. The molecule has 28 heavy (non-hydrogen) atoms. The van der Waals surface area contributed by atoms with Crippen molar-refractivity contribution in [2.45, 2.75) is 38.5 Å². The maximum absolute atomic E-state index is 12.9. The molecule has 2 fully saturated rings. The van der Waals surface area contributed by atoms with Crippen molar-refractivity contribution in [3.8, 4) is 0 Å². The number of benzene rings is 2. The number of aryl methyl sites for hydroxylation is 1. The zero-order chi connectivity index (χ0) is 19.5. The third-order valence-corrected chi connectivity index (χ3v) is 6.01. The molecule has 4 heteroatoms. The maximum Gasteiger partial charge on any atom is 0.253 e. The van der Waals surface area contributed by atoms with E-state index in [1.54, 1.807) is 0 Å². The number of nitrogens with zero attached hydrogens (tertiary/aromatic N) is 2. The Morgan fingerprint density at radius 2 is 1.50 bits per heavy atom. The number of hydrogen-bond acceptors (Lipinski definition) is 2. The number of carbonyl (C=O) groups excluding carboxylic acids is 2. The van der Waals surface area contributed by atoms with Gasteiger partial charge in [-0.3, -0.25) is 9.59 Å². The molecule has 0 saturated carbocycles. The lowest BCUT2D eigenvalue weighted by Gasteiger charge is -2.33. The van der Waals surface area contributed by atoms with E-state index in [2.05, 4.69) is 6.07 Å². The first-order chi connectivity index (χ1) is 13.6. The molecule has 4 rings (SSSR count). The van der Waals surface area contributed by atoms with Gasteiger partial charge in [0.2, 0.25) is 0 Å². The van der Waals surface area contributed by atoms with Crippen molar-refractivity contribution in [1.29, 1.82) is 0 Å². The Kier molecular flexibility index (Phi) is 5.47. The number of piperidine rings is 1. The molecule has 0 aromatic heterocycles. The average molecular weight is 377 g/mol. The highest BCUT2D eigenvalue weighted by atomic mass is 16.2. The van der Waals surface area contributed by atoms with Crippen LogP contribution in [-0.4, -0.2) is 47.8 Å². The van der Waals surface area contributed by atoms with E-state index in [0.29, 0.717) is 6.54 Å². The van der Waals surface area contributed by atoms with Crippen molar-refractivity contribution >= 4 is 11.8 Å². The molecule has 0 unspecified atom stereocenters. The quantitative estimate of drug-likeness (QED) is 0.803. The van der Waals surface area contributed by atoms with Crippen LogP contribution in [0.5, 0.6) is 0 Å². The Hall–Kier alpha value is -2.62. The summed E-state index contributed by atoms with van der Waals surface area (Å²) in [5.74, 6) is 0.534. The Labute approximate surface area is 167 Å². The second-order valence-electron chi connectivity index (χ2n) is 8.08. The minimum Gasteiger partial charge on any atom is -0.339 e. The number of amides is 2. The Balaban J connectivity index is 1.48. The van der Waals surface area contributed by atoms with E-state index in [1.165, 1.54) is 5.56 Å². The van der Waals surface area contributed by atoms with Gasteiger partial charge < -0.3 is 9.80 Å². The van der Waals surface area contributed by atoms with Crippen molar-refractivity contribution in [2.24, 2.45) is 0 Å². The molecule has 2 saturated heterocycles. The molecule has 2 aliphatic heterocycles. The first-order valence-electron chi connectivity index (χ1n) is 10.4. The Morgan fingerprint density at radius 3 is 2.25 bits per heavy atom. The first-order valence-corrected chi connectivity index (χ1v) is 10.4. The van der Waals surface area contributed by atoms with Crippen LogP contribution >= 0.6 is 0 Å². The number of carbonyl (C=O) groups is 2. The summed E-state index contributed by atoms with van der Waals surface area (Å²) in [7, 11) is 0. The van der Waals surface area contributed by atoms with Gasteiger partial charge >= 0.3 is 0 Å². The van der Waals surface area contributed by atoms with Gasteiger partial charge in [0.05, 0.1) is 0 Å². The molecule has 2 heterocycles. The summed E-state index contributed by atoms with van der Waals surface area (Å²) >= 11 is 0. The van der Waals surface area contributed by atoms with Gasteiger partial charge in [0.15, 0.2) is 0 Å². The average Bonchev–Trinajstić information content (AvgIpc) is 3.28. The van der Waals surface area contributed by atoms with Gasteiger partial charge in [0.1, 0.15) is 0 Å². The molecule has 146 valence electrons. The predicted octanol–water partition coefficient (Wildman–Crippen LogP) is 4.25. The zero-order valence-corrected chi connectivity index (χ0v) is 16.6. The van der Waals surface area contributed by atoms with E-state index >= 15 is 0 Å². The van der Waals surface area contributed by atoms with Gasteiger partial charge in [0, 0.05) is 43.2 Å². The highest BCUT2D eigenvalue weighted by Gasteiger charge is 2.26. The van der Waals surface area contributed by atoms with Crippen LogP contribution < -0.4 is 0 Å². The van der Waals surface area contributed by atoms with Crippen molar-refractivity contribution < 1.29 is 9.59 Å². The van der Waals surface area contributed by atoms with Gasteiger partial charge in [-0.25, -0.2) is 0 Å². The summed E-state index contributed by atoms with van der Waals surface area (Å²) in [5, 5.41) is 0. The summed E-state index contributed by atoms with van der Waals surface area (Å²) in [6, 6.07) is 15.9. The van der Waals surface area contributed by atoms with Crippen molar-refractivity contribution in [3.63, 3.8) is 0 Å². The molecule has 0 radical (unpaired) electrons. The summed E-state index contributed by atoms with van der Waals surface area (Å²) in [6.07, 6.45) is 4.25. The van der Waals surface area contributed by atoms with E-state index in [4.69, 9.17) is 0 Å². The minimum atomic E-state index is 0.106. The van der Waals surface area contributed by atoms with Crippen LogP contribution in [0.2, 0.25) is 0 Å². The van der Waals surface area contributed by atoms with Crippen LogP contribution in [0.15, 0.2) is 48.5 Å². The van der Waals surface area contributed by atoms with Gasteiger partial charge in [-0.05, 0) is 62.4 Å². The van der Waals surface area contributed by atoms with Crippen LogP contribution in [0.25, 0.3) is 0 Å². The van der Waals surface area contributed by atoms with E-state index in [1.807, 2.05) is 59.2 Å². The van der Waals surface area contributed by atoms with Crippen molar-refractivity contribution in [1.82, 2.24) is 9.80 Å². The van der Waals surface area contributed by atoms with Crippen molar-refractivity contribution in [2.75, 3.05) is 26.2 Å². The molecule has 0 bridgehead atoms. The summed E-state index contributed by atoms with van der Waals surface area (Å²) < 4.78 is 0. The first kappa shape index (κ1) is 18.7. The fourth-order valence-electron chi connectivity index (χ4n) is 4.34. The summed E-state index contributed by atoms with van der Waals surface area (Å²) in [5.41, 5.74) is 3.87. The van der Waals surface area contributed by atoms with Gasteiger partial charge in [-0.2, -0.15) is 0 Å². The molecular formula is C24H28N2O2. The van der Waals surface area contributed by atoms with Crippen LogP contribution in [0.4, 0.5) is 0 Å². The van der Waals surface area contributed by atoms with Crippen LogP contribution in [0.1, 0.15) is 63.4 Å². The fourth-order valence-corrected chi connectivity index (χ4v) is 4.34. The maximum atomic E-state index is 12.9. The van der Waals surface area contributed by atoms with E-state index in [-0.39, 0.29) is 17.7 Å². The molecule has 4 nitrogen and oxygen atoms in total. The standard InChI is InChI=1S/C24H28N2O2/c1-18-9-11-19(12-10-18)23(27)26-15-5-8-22(17-26)20-6-4-7-21(16-20)24(28)25-13-2-3-14-25/h4,6-7,9-12,16,22H,2-3,5,8,13-15,17H2,1H3/t22-/m1/s1. The molecule has 0 spiro atoms. The van der Waals surface area contributed by atoms with E-state index < -0.39 is 0 Å². The normalized spacial score (nSPS) is 19.7. The van der Waals surface area contributed by atoms with Gasteiger partial charge in [0.25, 0.3) is 11.8 Å². The lowest BCUT2D eigenvalue weighted by molar-refractivity contribution is 0.0705. The predicted molar refractivity (Wildman–Crippen MR) is 111 cm³/mol. The van der Waals surface area contributed by atoms with E-state index in [9.17, 15) is 9.59 Å². The highest BCUT2D eigenvalue weighted by molar-refractivity contribution is 5.95. The summed E-state index contributed by atoms with van der Waals surface area (Å²) in [6.45, 7) is 5.28. The fraction of sp³-hybridized carbons (Fsp3) is 0.417. The molecule has 2 aromatic rings. The smallest absolute Gasteiger partial charge is 0.253 e. The minimum absolute atomic E-state index is 0.106. The van der Waals surface area contributed by atoms with Gasteiger partial charge in [-0.1, -0.05) is 29.8 Å². The third-order valence-electron chi connectivity index (χ3n) is 6.01. The van der Waals surface area contributed by atoms with Crippen LogP contribution in [0, 0.1) is 6.92 Å². The third kappa shape index (κ3) is 3.96. The Morgan fingerprint density at radius 1 is 0.821 bits per heavy atom. The van der Waals surface area contributed by atoms with Gasteiger partial charge in [-0.15, -0.1) is 0 Å². The molecule has 0 aliphatic carbocycles. The molecule has 2 aromatic carbocycles. The second kappa shape index (κ2) is 8.17. The second-order valence-corrected chi connectivity index (χ2v) is 8.08. The van der Waals surface area contributed by atoms with Crippen molar-refractivity contribution in [3.05, 3.63) is 70.8 Å². The molecular weight excluding hydrogens is 348 g/mol. The summed E-state index contributed by atoms with van der Waals surface area (Å²) in [4.78, 5) is 29.5. The molecule has 0 N–H and O–H groups in total.